The van der Waals surface area contributed by atoms with Crippen LogP contribution in [0.25, 0.3) is 0 Å². The van der Waals surface area contributed by atoms with Crippen LogP contribution in [0, 0.1) is 22.7 Å². The summed E-state index contributed by atoms with van der Waals surface area (Å²) in [4.78, 5) is 82.8. The maximum Gasteiger partial charge on any atom is 0.408 e. The maximum absolute atomic E-state index is 15.4. The molecule has 2 bridgehead atoms. The smallest absolute Gasteiger partial charge is 0.408 e. The molecular weight excluding hydrogens is 778 g/mol. The van der Waals surface area contributed by atoms with Crippen molar-refractivity contribution in [3.8, 4) is 0 Å². The first-order chi connectivity index (χ1) is 28.1. The minimum atomic E-state index is -2.25. The second-order valence-electron chi connectivity index (χ2n) is 18.3. The number of ether oxygens (including phenoxy) is 6. The lowest BCUT2D eigenvalue weighted by atomic mass is 9.48. The Bertz CT molecular complexity index is 2110. The predicted octanol–water partition coefficient (Wildman–Crippen LogP) is 4.47. The van der Waals surface area contributed by atoms with Crippen molar-refractivity contribution in [3.05, 3.63) is 82.9 Å². The zero-order chi connectivity index (χ0) is 43.7. The molecule has 2 aromatic carbocycles. The number of amides is 1. The van der Waals surface area contributed by atoms with Gasteiger partial charge in [0.25, 0.3) is 0 Å². The van der Waals surface area contributed by atoms with Crippen molar-refractivity contribution in [2.75, 3.05) is 6.61 Å². The number of fused-ring (bicyclic) bond motifs is 4. The maximum atomic E-state index is 15.4. The van der Waals surface area contributed by atoms with Gasteiger partial charge in [-0.25, -0.2) is 14.4 Å². The molecule has 11 atom stereocenters. The number of ketones is 1. The molecule has 1 spiro atoms. The van der Waals surface area contributed by atoms with Gasteiger partial charge in [0.05, 0.1) is 24.1 Å². The van der Waals surface area contributed by atoms with E-state index in [2.05, 4.69) is 5.32 Å². The van der Waals surface area contributed by atoms with Crippen LogP contribution in [-0.2, 0) is 47.6 Å². The molecule has 1 amide bonds. The number of rotatable bonds is 9. The SMILES string of the molecule is CC(=O)O[C@H]1C(=O)[C@]23C[C@H]2C[C@H]2OC[C@@]2(OC(C)=O)C3C(OC(=O)c2ccccc2)[C@]2(O)C[C@H](OC(=O)[C@H](O)[C@@H](NC(=O)OC(C)(C)C)c3ccccc3)C(C)=C1C2(C)C. The molecule has 3 saturated carbocycles. The first-order valence-electron chi connectivity index (χ1n) is 20.2. The summed E-state index contributed by atoms with van der Waals surface area (Å²) in [7, 11) is 0. The summed E-state index contributed by atoms with van der Waals surface area (Å²) in [6.45, 7) is 12.0. The summed E-state index contributed by atoms with van der Waals surface area (Å²) in [6.07, 6.45) is -8.18. The van der Waals surface area contributed by atoms with Crippen LogP contribution in [0.4, 0.5) is 4.79 Å². The van der Waals surface area contributed by atoms with E-state index in [9.17, 15) is 34.2 Å². The van der Waals surface area contributed by atoms with Gasteiger partial charge in [-0.2, -0.15) is 0 Å². The number of esters is 4. The number of aliphatic hydroxyl groups excluding tert-OH is 1. The molecule has 15 heteroatoms. The fraction of sp³-hybridized carbons (Fsp3) is 0.556. The molecule has 1 aliphatic heterocycles. The average molecular weight is 832 g/mol. The first-order valence-corrected chi connectivity index (χ1v) is 20.2. The number of nitrogens with one attached hydrogen (secondary N) is 1. The van der Waals surface area contributed by atoms with Crippen molar-refractivity contribution >= 4 is 35.8 Å². The predicted molar refractivity (Wildman–Crippen MR) is 210 cm³/mol. The highest BCUT2D eigenvalue weighted by molar-refractivity contribution is 5.97. The topological polar surface area (TPSA) is 210 Å². The van der Waals surface area contributed by atoms with Crippen LogP contribution in [0.3, 0.4) is 0 Å². The molecule has 0 aromatic heterocycles. The molecule has 0 radical (unpaired) electrons. The summed E-state index contributed by atoms with van der Waals surface area (Å²) < 4.78 is 36.0. The van der Waals surface area contributed by atoms with Crippen LogP contribution in [0.5, 0.6) is 0 Å². The monoisotopic (exact) mass is 831 g/mol. The summed E-state index contributed by atoms with van der Waals surface area (Å²) in [5, 5.41) is 27.9. The Morgan fingerprint density at radius 2 is 1.53 bits per heavy atom. The Kier molecular flexibility index (Phi) is 10.8. The highest BCUT2D eigenvalue weighted by Crippen LogP contribution is 2.74. The molecule has 60 heavy (non-hydrogen) atoms. The zero-order valence-corrected chi connectivity index (χ0v) is 35.0. The molecule has 2 unspecified atom stereocenters. The van der Waals surface area contributed by atoms with E-state index in [1.165, 1.54) is 19.1 Å². The van der Waals surface area contributed by atoms with Crippen LogP contribution < -0.4 is 5.32 Å². The van der Waals surface area contributed by atoms with E-state index in [1.807, 2.05) is 0 Å². The van der Waals surface area contributed by atoms with Crippen molar-refractivity contribution in [3.63, 3.8) is 0 Å². The highest BCUT2D eigenvalue weighted by Gasteiger charge is 2.84. The van der Waals surface area contributed by atoms with Gasteiger partial charge in [0.2, 0.25) is 0 Å². The number of carbonyl (C=O) groups is 6. The molecule has 1 heterocycles. The van der Waals surface area contributed by atoms with Gasteiger partial charge in [0.15, 0.2) is 23.6 Å². The summed E-state index contributed by atoms with van der Waals surface area (Å²) >= 11 is 0. The fourth-order valence-electron chi connectivity index (χ4n) is 10.4. The number of alkyl carbamates (subject to hydrolysis) is 1. The van der Waals surface area contributed by atoms with Gasteiger partial charge in [-0.3, -0.25) is 14.4 Å². The number of aliphatic hydroxyl groups is 2. The Morgan fingerprint density at radius 1 is 0.900 bits per heavy atom. The fourth-order valence-corrected chi connectivity index (χ4v) is 10.4. The Morgan fingerprint density at radius 3 is 2.10 bits per heavy atom. The first kappa shape index (κ1) is 43.0. The standard InChI is InChI=1S/C45H53NO14/c1-23-29(57-39(52)33(49)32(26-15-11-9-12-16-26)46-40(53)60-41(4,5)6)21-45(54)37(58-38(51)27-17-13-10-14-18-27)35-43(36(50)34(56-24(2)47)31(23)42(45,7)8)20-28(43)19-30-44(35,22-55-30)59-25(3)48/h9-18,28-30,32-35,37,49,54H,19-22H2,1-8H3,(H,46,53)/t28-,29+,30-,32+,33-,34-,35?,37?,43-,44+,45-/m1/s1. The van der Waals surface area contributed by atoms with E-state index in [4.69, 9.17) is 28.4 Å². The molecule has 2 aromatic rings. The highest BCUT2D eigenvalue weighted by atomic mass is 16.6. The number of hydrogen-bond acceptors (Lipinski definition) is 14. The molecule has 322 valence electrons. The molecule has 4 fully saturated rings. The van der Waals surface area contributed by atoms with Gasteiger partial charge >= 0.3 is 30.0 Å². The molecule has 15 nitrogen and oxygen atoms in total. The summed E-state index contributed by atoms with van der Waals surface area (Å²) in [6, 6.07) is 14.9. The Balaban J connectivity index is 1.37. The Labute approximate surface area is 348 Å². The van der Waals surface area contributed by atoms with E-state index in [1.54, 1.807) is 90.1 Å². The number of carbonyl (C=O) groups excluding carboxylic acids is 6. The zero-order valence-electron chi connectivity index (χ0n) is 35.0. The van der Waals surface area contributed by atoms with Gasteiger partial charge in [0, 0.05) is 31.1 Å². The van der Waals surface area contributed by atoms with Gasteiger partial charge in [-0.15, -0.1) is 0 Å². The van der Waals surface area contributed by atoms with E-state index in [0.717, 1.165) is 6.92 Å². The van der Waals surface area contributed by atoms with Crippen molar-refractivity contribution < 1.29 is 67.4 Å². The lowest BCUT2D eigenvalue weighted by Crippen LogP contribution is -2.78. The molecule has 7 rings (SSSR count). The molecular formula is C45H53NO14. The molecule has 1 saturated heterocycles. The van der Waals surface area contributed by atoms with Crippen molar-refractivity contribution in [2.24, 2.45) is 22.7 Å². The van der Waals surface area contributed by atoms with Gasteiger partial charge < -0.3 is 44.0 Å². The van der Waals surface area contributed by atoms with Crippen LogP contribution >= 0.6 is 0 Å². The lowest BCUT2D eigenvalue weighted by molar-refractivity contribution is -0.323. The third kappa shape index (κ3) is 7.07. The number of hydrogen-bond donors (Lipinski definition) is 3. The second-order valence-corrected chi connectivity index (χ2v) is 18.3. The van der Waals surface area contributed by atoms with E-state index < -0.39 is 112 Å². The largest absolute Gasteiger partial charge is 0.456 e. The second kappa shape index (κ2) is 15.1. The van der Waals surface area contributed by atoms with E-state index >= 15 is 4.79 Å². The van der Waals surface area contributed by atoms with Crippen LogP contribution in [0.15, 0.2) is 71.8 Å². The average Bonchev–Trinajstić information content (AvgIpc) is 3.90. The number of Topliss-reactive ketones (excluding diaryl/α,β-unsaturated/α-hetero) is 1. The third-order valence-electron chi connectivity index (χ3n) is 13.2. The van der Waals surface area contributed by atoms with Crippen molar-refractivity contribution in [2.45, 2.75) is 128 Å². The Hall–Kier alpha value is -5.12. The minimum absolute atomic E-state index is 0.128. The van der Waals surface area contributed by atoms with Crippen LogP contribution in [0.1, 0.15) is 96.6 Å². The quantitative estimate of drug-likeness (QED) is 0.181. The van der Waals surface area contributed by atoms with Gasteiger partial charge in [-0.05, 0) is 75.3 Å². The number of benzene rings is 2. The van der Waals surface area contributed by atoms with Crippen LogP contribution in [-0.4, -0.2) is 99.9 Å². The minimum Gasteiger partial charge on any atom is -0.456 e. The van der Waals surface area contributed by atoms with Gasteiger partial charge in [-0.1, -0.05) is 62.4 Å². The molecule has 5 aliphatic rings. The van der Waals surface area contributed by atoms with Crippen molar-refractivity contribution in [1.82, 2.24) is 5.32 Å². The van der Waals surface area contributed by atoms with Crippen LogP contribution in [0.2, 0.25) is 0 Å². The van der Waals surface area contributed by atoms with Crippen molar-refractivity contribution in [1.29, 1.82) is 0 Å². The summed E-state index contributed by atoms with van der Waals surface area (Å²) in [5.74, 6) is -5.65. The van der Waals surface area contributed by atoms with E-state index in [0.29, 0.717) is 12.0 Å². The normalized spacial score (nSPS) is 33.3. The molecule has 4 aliphatic carbocycles. The van der Waals surface area contributed by atoms with Gasteiger partial charge in [0.1, 0.15) is 29.5 Å². The third-order valence-corrected chi connectivity index (χ3v) is 13.2. The van der Waals surface area contributed by atoms with E-state index in [-0.39, 0.29) is 35.7 Å². The molecule has 3 N–H and O–H groups in total. The lowest BCUT2D eigenvalue weighted by Gasteiger charge is -2.64. The summed E-state index contributed by atoms with van der Waals surface area (Å²) in [5.41, 5.74) is -6.79.